The number of rotatable bonds is 6. The maximum absolute atomic E-state index is 12.2. The molecular weight excluding hydrogens is 214 g/mol. The van der Waals surface area contributed by atoms with Crippen LogP contribution in [0.15, 0.2) is 18.3 Å². The molecule has 0 aromatic carbocycles. The van der Waals surface area contributed by atoms with Crippen LogP contribution in [-0.4, -0.2) is 35.4 Å². The molecule has 17 heavy (non-hydrogen) atoms. The molecule has 1 aromatic rings. The van der Waals surface area contributed by atoms with E-state index in [9.17, 15) is 4.79 Å². The Morgan fingerprint density at radius 2 is 2.24 bits per heavy atom. The summed E-state index contributed by atoms with van der Waals surface area (Å²) in [5.74, 6) is 0.0504. The zero-order valence-electron chi connectivity index (χ0n) is 10.6. The van der Waals surface area contributed by atoms with Crippen LogP contribution in [0.5, 0.6) is 0 Å². The van der Waals surface area contributed by atoms with Gasteiger partial charge >= 0.3 is 0 Å². The van der Waals surface area contributed by atoms with Crippen LogP contribution in [0.2, 0.25) is 0 Å². The van der Waals surface area contributed by atoms with Crippen molar-refractivity contribution in [3.05, 3.63) is 29.6 Å². The van der Waals surface area contributed by atoms with E-state index in [0.29, 0.717) is 18.7 Å². The Kier molecular flexibility index (Phi) is 5.63. The molecule has 94 valence electrons. The Labute approximate surface area is 103 Å². The van der Waals surface area contributed by atoms with Crippen LogP contribution in [0.3, 0.4) is 0 Å². The predicted octanol–water partition coefficient (Wildman–Crippen LogP) is 1.59. The number of hydrogen-bond donors (Lipinski definition) is 1. The van der Waals surface area contributed by atoms with E-state index >= 15 is 0 Å². The van der Waals surface area contributed by atoms with Gasteiger partial charge in [0.2, 0.25) is 0 Å². The molecule has 0 aliphatic heterocycles. The topological polar surface area (TPSA) is 59.2 Å². The molecule has 0 saturated carbocycles. The SMILES string of the molecule is CCCCN(CCN)C(=O)c1ccnc(C)c1. The number of carbonyl (C=O) groups excluding carboxylic acids is 1. The van der Waals surface area contributed by atoms with Gasteiger partial charge in [0.25, 0.3) is 5.91 Å². The highest BCUT2D eigenvalue weighted by molar-refractivity contribution is 5.94. The number of unbranched alkanes of at least 4 members (excludes halogenated alkanes) is 1. The van der Waals surface area contributed by atoms with Crippen molar-refractivity contribution in [3.8, 4) is 0 Å². The molecule has 2 N–H and O–H groups in total. The molecule has 0 aliphatic carbocycles. The van der Waals surface area contributed by atoms with Crippen molar-refractivity contribution < 1.29 is 4.79 Å². The lowest BCUT2D eigenvalue weighted by Gasteiger charge is -2.21. The van der Waals surface area contributed by atoms with Gasteiger partial charge in [0, 0.05) is 37.1 Å². The molecule has 1 aromatic heterocycles. The van der Waals surface area contributed by atoms with Crippen molar-refractivity contribution in [2.75, 3.05) is 19.6 Å². The molecule has 1 heterocycles. The minimum Gasteiger partial charge on any atom is -0.337 e. The number of nitrogens with two attached hydrogens (primary N) is 1. The summed E-state index contributed by atoms with van der Waals surface area (Å²) in [6.45, 7) is 5.88. The third-order valence-corrected chi connectivity index (χ3v) is 2.61. The monoisotopic (exact) mass is 235 g/mol. The van der Waals surface area contributed by atoms with E-state index in [0.717, 1.165) is 25.1 Å². The number of pyridine rings is 1. The molecule has 4 heteroatoms. The largest absolute Gasteiger partial charge is 0.337 e. The second-order valence-corrected chi connectivity index (χ2v) is 4.12. The van der Waals surface area contributed by atoms with Crippen molar-refractivity contribution in [2.45, 2.75) is 26.7 Å². The number of nitrogens with zero attached hydrogens (tertiary/aromatic N) is 2. The molecule has 0 fully saturated rings. The number of hydrogen-bond acceptors (Lipinski definition) is 3. The summed E-state index contributed by atoms with van der Waals surface area (Å²) in [7, 11) is 0. The molecule has 0 atom stereocenters. The number of aromatic nitrogens is 1. The summed E-state index contributed by atoms with van der Waals surface area (Å²) in [5.41, 5.74) is 7.10. The molecule has 0 radical (unpaired) electrons. The van der Waals surface area contributed by atoms with Crippen LogP contribution in [0.4, 0.5) is 0 Å². The van der Waals surface area contributed by atoms with Crippen LogP contribution < -0.4 is 5.73 Å². The number of carbonyl (C=O) groups is 1. The van der Waals surface area contributed by atoms with Gasteiger partial charge in [-0.3, -0.25) is 9.78 Å². The summed E-state index contributed by atoms with van der Waals surface area (Å²) >= 11 is 0. The first-order valence-corrected chi connectivity index (χ1v) is 6.11. The summed E-state index contributed by atoms with van der Waals surface area (Å²) < 4.78 is 0. The van der Waals surface area contributed by atoms with E-state index in [4.69, 9.17) is 5.73 Å². The molecule has 0 unspecified atom stereocenters. The molecule has 4 nitrogen and oxygen atoms in total. The van der Waals surface area contributed by atoms with Gasteiger partial charge in [-0.15, -0.1) is 0 Å². The van der Waals surface area contributed by atoms with Gasteiger partial charge in [0.05, 0.1) is 0 Å². The second-order valence-electron chi connectivity index (χ2n) is 4.12. The average Bonchev–Trinajstić information content (AvgIpc) is 2.33. The summed E-state index contributed by atoms with van der Waals surface area (Å²) in [5, 5.41) is 0. The van der Waals surface area contributed by atoms with Crippen molar-refractivity contribution in [1.82, 2.24) is 9.88 Å². The first kappa shape index (κ1) is 13.6. The molecule has 0 aliphatic rings. The van der Waals surface area contributed by atoms with E-state index in [2.05, 4.69) is 11.9 Å². The van der Waals surface area contributed by atoms with Crippen LogP contribution in [-0.2, 0) is 0 Å². The number of amides is 1. The minimum absolute atomic E-state index is 0.0504. The van der Waals surface area contributed by atoms with E-state index in [1.807, 2.05) is 17.9 Å². The van der Waals surface area contributed by atoms with Gasteiger partial charge in [-0.1, -0.05) is 13.3 Å². The van der Waals surface area contributed by atoms with Crippen LogP contribution in [0, 0.1) is 6.92 Å². The standard InChI is InChI=1S/C13H21N3O/c1-3-4-8-16(9-6-14)13(17)12-5-7-15-11(2)10-12/h5,7,10H,3-4,6,8-9,14H2,1-2H3. The van der Waals surface area contributed by atoms with Gasteiger partial charge in [0.15, 0.2) is 0 Å². The zero-order valence-corrected chi connectivity index (χ0v) is 10.6. The fourth-order valence-electron chi connectivity index (χ4n) is 1.68. The zero-order chi connectivity index (χ0) is 12.7. The predicted molar refractivity (Wildman–Crippen MR) is 68.8 cm³/mol. The normalized spacial score (nSPS) is 10.3. The molecule has 0 spiro atoms. The number of aryl methyl sites for hydroxylation is 1. The first-order valence-electron chi connectivity index (χ1n) is 6.11. The lowest BCUT2D eigenvalue weighted by molar-refractivity contribution is 0.0758. The van der Waals surface area contributed by atoms with Crippen molar-refractivity contribution >= 4 is 5.91 Å². The van der Waals surface area contributed by atoms with Gasteiger partial charge in [-0.05, 0) is 25.5 Å². The molecule has 0 saturated heterocycles. The van der Waals surface area contributed by atoms with Crippen molar-refractivity contribution in [1.29, 1.82) is 0 Å². The van der Waals surface area contributed by atoms with Crippen molar-refractivity contribution in [2.24, 2.45) is 5.73 Å². The average molecular weight is 235 g/mol. The quantitative estimate of drug-likeness (QED) is 0.814. The Hall–Kier alpha value is -1.42. The lowest BCUT2D eigenvalue weighted by atomic mass is 10.2. The molecule has 1 amide bonds. The first-order chi connectivity index (χ1) is 8.19. The lowest BCUT2D eigenvalue weighted by Crippen LogP contribution is -2.36. The molecule has 1 rings (SSSR count). The summed E-state index contributed by atoms with van der Waals surface area (Å²) in [6, 6.07) is 3.57. The van der Waals surface area contributed by atoms with E-state index in [1.54, 1.807) is 12.3 Å². The van der Waals surface area contributed by atoms with E-state index < -0.39 is 0 Å². The minimum atomic E-state index is 0.0504. The fourth-order valence-corrected chi connectivity index (χ4v) is 1.68. The van der Waals surface area contributed by atoms with Crippen LogP contribution in [0.25, 0.3) is 0 Å². The fraction of sp³-hybridized carbons (Fsp3) is 0.538. The summed E-state index contributed by atoms with van der Waals surface area (Å²) in [4.78, 5) is 18.1. The maximum Gasteiger partial charge on any atom is 0.254 e. The third-order valence-electron chi connectivity index (χ3n) is 2.61. The van der Waals surface area contributed by atoms with Gasteiger partial charge in [-0.2, -0.15) is 0 Å². The van der Waals surface area contributed by atoms with Gasteiger partial charge in [-0.25, -0.2) is 0 Å². The smallest absolute Gasteiger partial charge is 0.254 e. The highest BCUT2D eigenvalue weighted by atomic mass is 16.2. The Morgan fingerprint density at radius 1 is 1.47 bits per heavy atom. The van der Waals surface area contributed by atoms with Crippen LogP contribution in [0.1, 0.15) is 35.8 Å². The molecular formula is C13H21N3O. The summed E-state index contributed by atoms with van der Waals surface area (Å²) in [6.07, 6.45) is 3.75. The highest BCUT2D eigenvalue weighted by Gasteiger charge is 2.14. The van der Waals surface area contributed by atoms with Crippen molar-refractivity contribution in [3.63, 3.8) is 0 Å². The van der Waals surface area contributed by atoms with Gasteiger partial charge < -0.3 is 10.6 Å². The van der Waals surface area contributed by atoms with Gasteiger partial charge in [0.1, 0.15) is 0 Å². The van der Waals surface area contributed by atoms with E-state index in [1.165, 1.54) is 0 Å². The maximum atomic E-state index is 12.2. The van der Waals surface area contributed by atoms with Crippen LogP contribution >= 0.6 is 0 Å². The highest BCUT2D eigenvalue weighted by Crippen LogP contribution is 2.07. The Bertz CT molecular complexity index is 365. The Morgan fingerprint density at radius 3 is 2.82 bits per heavy atom. The Balaban J connectivity index is 2.76. The second kappa shape index (κ2) is 7.01. The molecule has 0 bridgehead atoms. The van der Waals surface area contributed by atoms with E-state index in [-0.39, 0.29) is 5.91 Å². The third kappa shape index (κ3) is 4.15.